The number of halogens is 1. The quantitative estimate of drug-likeness (QED) is 0.433. The van der Waals surface area contributed by atoms with Gasteiger partial charge in [-0.1, -0.05) is 61.2 Å². The standard InChI is InChI=1S/C20H18FN5OS/c1-2-17-22-23-18(27-17)13-28-20-25-24-19(15-10-6-7-11-16(15)21)26(20)12-14-8-4-3-5-9-14/h3-11H,2,12-13H2,1H3. The van der Waals surface area contributed by atoms with Gasteiger partial charge in [0.05, 0.1) is 17.9 Å². The first-order valence-corrected chi connectivity index (χ1v) is 9.89. The van der Waals surface area contributed by atoms with Crippen LogP contribution in [0.25, 0.3) is 11.4 Å². The highest BCUT2D eigenvalue weighted by atomic mass is 32.2. The van der Waals surface area contributed by atoms with E-state index in [4.69, 9.17) is 4.42 Å². The molecule has 8 heteroatoms. The first kappa shape index (κ1) is 18.4. The van der Waals surface area contributed by atoms with Crippen molar-refractivity contribution in [1.29, 1.82) is 0 Å². The molecule has 4 aromatic rings. The van der Waals surface area contributed by atoms with Crippen molar-refractivity contribution in [3.63, 3.8) is 0 Å². The molecule has 0 aliphatic rings. The molecule has 2 heterocycles. The summed E-state index contributed by atoms with van der Waals surface area (Å²) in [5, 5.41) is 17.2. The Labute approximate surface area is 165 Å². The Bertz CT molecular complexity index is 1060. The molecule has 0 bridgehead atoms. The molecule has 0 radical (unpaired) electrons. The molecule has 6 nitrogen and oxygen atoms in total. The van der Waals surface area contributed by atoms with Gasteiger partial charge < -0.3 is 4.42 Å². The number of hydrogen-bond acceptors (Lipinski definition) is 6. The van der Waals surface area contributed by atoms with Crippen molar-refractivity contribution >= 4 is 11.8 Å². The Kier molecular flexibility index (Phi) is 5.48. The maximum absolute atomic E-state index is 14.4. The van der Waals surface area contributed by atoms with E-state index in [1.54, 1.807) is 18.2 Å². The average molecular weight is 395 g/mol. The lowest BCUT2D eigenvalue weighted by molar-refractivity contribution is 0.469. The van der Waals surface area contributed by atoms with Gasteiger partial charge in [-0.2, -0.15) is 0 Å². The van der Waals surface area contributed by atoms with E-state index in [1.807, 2.05) is 41.8 Å². The number of nitrogens with zero attached hydrogens (tertiary/aromatic N) is 5. The zero-order valence-corrected chi connectivity index (χ0v) is 16.1. The van der Waals surface area contributed by atoms with Crippen LogP contribution in [-0.2, 0) is 18.7 Å². The Morgan fingerprint density at radius 2 is 1.68 bits per heavy atom. The number of aromatic nitrogens is 5. The number of hydrogen-bond donors (Lipinski definition) is 0. The summed E-state index contributed by atoms with van der Waals surface area (Å²) in [6.45, 7) is 2.49. The molecule has 0 N–H and O–H groups in total. The lowest BCUT2D eigenvalue weighted by Crippen LogP contribution is -2.05. The van der Waals surface area contributed by atoms with Crippen LogP contribution in [0.3, 0.4) is 0 Å². The van der Waals surface area contributed by atoms with Gasteiger partial charge in [0, 0.05) is 6.42 Å². The van der Waals surface area contributed by atoms with Crippen molar-refractivity contribution in [2.75, 3.05) is 0 Å². The van der Waals surface area contributed by atoms with E-state index in [0.29, 0.717) is 47.0 Å². The summed E-state index contributed by atoms with van der Waals surface area (Å²) in [7, 11) is 0. The predicted octanol–water partition coefficient (Wildman–Crippen LogP) is 4.37. The summed E-state index contributed by atoms with van der Waals surface area (Å²) in [6.07, 6.45) is 0.694. The molecule has 2 aromatic carbocycles. The van der Waals surface area contributed by atoms with Gasteiger partial charge in [0.1, 0.15) is 5.82 Å². The summed E-state index contributed by atoms with van der Waals surface area (Å²) in [4.78, 5) is 0. The van der Waals surface area contributed by atoms with Crippen LogP contribution in [0, 0.1) is 5.82 Å². The Balaban J connectivity index is 1.66. The molecule has 0 aliphatic heterocycles. The highest BCUT2D eigenvalue weighted by molar-refractivity contribution is 7.98. The maximum Gasteiger partial charge on any atom is 0.226 e. The minimum absolute atomic E-state index is 0.328. The second-order valence-electron chi connectivity index (χ2n) is 6.09. The fourth-order valence-electron chi connectivity index (χ4n) is 2.76. The molecule has 0 fully saturated rings. The lowest BCUT2D eigenvalue weighted by Gasteiger charge is -2.10. The number of rotatable bonds is 7. The zero-order valence-electron chi connectivity index (χ0n) is 15.2. The molecule has 0 amide bonds. The van der Waals surface area contributed by atoms with Crippen LogP contribution in [0.4, 0.5) is 4.39 Å². The Morgan fingerprint density at radius 3 is 2.43 bits per heavy atom. The zero-order chi connectivity index (χ0) is 19.3. The number of benzene rings is 2. The summed E-state index contributed by atoms with van der Waals surface area (Å²) in [5.41, 5.74) is 1.50. The fourth-order valence-corrected chi connectivity index (χ4v) is 3.54. The molecular weight excluding hydrogens is 377 g/mol. The van der Waals surface area contributed by atoms with E-state index in [9.17, 15) is 4.39 Å². The lowest BCUT2D eigenvalue weighted by atomic mass is 10.2. The van der Waals surface area contributed by atoms with E-state index < -0.39 is 0 Å². The Morgan fingerprint density at radius 1 is 0.929 bits per heavy atom. The normalized spacial score (nSPS) is 11.1. The van der Waals surface area contributed by atoms with Crippen LogP contribution in [0.5, 0.6) is 0 Å². The first-order valence-electron chi connectivity index (χ1n) is 8.90. The minimum Gasteiger partial charge on any atom is -0.424 e. The summed E-state index contributed by atoms with van der Waals surface area (Å²) >= 11 is 1.44. The van der Waals surface area contributed by atoms with E-state index in [0.717, 1.165) is 5.56 Å². The Hall–Kier alpha value is -3.00. The van der Waals surface area contributed by atoms with Gasteiger partial charge in [-0.25, -0.2) is 4.39 Å². The maximum atomic E-state index is 14.4. The van der Waals surface area contributed by atoms with E-state index in [1.165, 1.54) is 17.8 Å². The van der Waals surface area contributed by atoms with E-state index >= 15 is 0 Å². The fraction of sp³-hybridized carbons (Fsp3) is 0.200. The smallest absolute Gasteiger partial charge is 0.226 e. The minimum atomic E-state index is -0.328. The van der Waals surface area contributed by atoms with Crippen molar-refractivity contribution in [3.8, 4) is 11.4 Å². The van der Waals surface area contributed by atoms with Gasteiger partial charge in [0.2, 0.25) is 11.8 Å². The number of aryl methyl sites for hydroxylation is 1. The van der Waals surface area contributed by atoms with Crippen molar-refractivity contribution in [3.05, 3.63) is 77.8 Å². The average Bonchev–Trinajstić information content (AvgIpc) is 3.34. The van der Waals surface area contributed by atoms with E-state index in [2.05, 4.69) is 20.4 Å². The van der Waals surface area contributed by atoms with Crippen LogP contribution in [0.1, 0.15) is 24.3 Å². The number of thioether (sulfide) groups is 1. The highest BCUT2D eigenvalue weighted by Crippen LogP contribution is 2.28. The molecule has 0 unspecified atom stereocenters. The van der Waals surface area contributed by atoms with Crippen LogP contribution in [0.15, 0.2) is 64.2 Å². The third-order valence-corrected chi connectivity index (χ3v) is 5.10. The second-order valence-corrected chi connectivity index (χ2v) is 7.03. The van der Waals surface area contributed by atoms with Crippen molar-refractivity contribution in [2.45, 2.75) is 30.8 Å². The van der Waals surface area contributed by atoms with Crippen molar-refractivity contribution in [1.82, 2.24) is 25.0 Å². The van der Waals surface area contributed by atoms with Gasteiger partial charge in [-0.15, -0.1) is 20.4 Å². The summed E-state index contributed by atoms with van der Waals surface area (Å²) < 4.78 is 21.8. The first-order chi connectivity index (χ1) is 13.7. The van der Waals surface area contributed by atoms with Gasteiger partial charge in [0.25, 0.3) is 0 Å². The second kappa shape index (κ2) is 8.35. The molecule has 0 aliphatic carbocycles. The third-order valence-electron chi connectivity index (χ3n) is 4.15. The highest BCUT2D eigenvalue weighted by Gasteiger charge is 2.18. The molecule has 0 atom stereocenters. The van der Waals surface area contributed by atoms with Crippen LogP contribution in [0.2, 0.25) is 0 Å². The van der Waals surface area contributed by atoms with Gasteiger partial charge in [0.15, 0.2) is 11.0 Å². The van der Waals surface area contributed by atoms with Crippen LogP contribution in [-0.4, -0.2) is 25.0 Å². The predicted molar refractivity (Wildman–Crippen MR) is 104 cm³/mol. The van der Waals surface area contributed by atoms with Crippen molar-refractivity contribution < 1.29 is 8.81 Å². The van der Waals surface area contributed by atoms with Gasteiger partial charge in [-0.05, 0) is 17.7 Å². The van der Waals surface area contributed by atoms with Crippen LogP contribution < -0.4 is 0 Å². The third kappa shape index (κ3) is 3.96. The molecule has 0 saturated carbocycles. The molecule has 4 rings (SSSR count). The molecule has 2 aromatic heterocycles. The van der Waals surface area contributed by atoms with E-state index in [-0.39, 0.29) is 5.82 Å². The summed E-state index contributed by atoms with van der Waals surface area (Å²) in [6, 6.07) is 16.5. The molecular formula is C20H18FN5OS. The molecule has 0 saturated heterocycles. The SMILES string of the molecule is CCc1nnc(CSc2nnc(-c3ccccc3F)n2Cc2ccccc2)o1. The van der Waals surface area contributed by atoms with Crippen molar-refractivity contribution in [2.24, 2.45) is 0 Å². The van der Waals surface area contributed by atoms with Crippen LogP contribution >= 0.6 is 11.8 Å². The monoisotopic (exact) mass is 395 g/mol. The largest absolute Gasteiger partial charge is 0.424 e. The van der Waals surface area contributed by atoms with Gasteiger partial charge in [-0.3, -0.25) is 4.57 Å². The van der Waals surface area contributed by atoms with Gasteiger partial charge >= 0.3 is 0 Å². The molecule has 142 valence electrons. The molecule has 28 heavy (non-hydrogen) atoms. The molecule has 0 spiro atoms. The topological polar surface area (TPSA) is 69.6 Å². The summed E-state index contributed by atoms with van der Waals surface area (Å²) in [5.74, 6) is 1.77.